The molecule has 5 nitrogen and oxygen atoms in total. The lowest BCUT2D eigenvalue weighted by molar-refractivity contribution is -0.112. The zero-order valence-corrected chi connectivity index (χ0v) is 12.0. The fourth-order valence-corrected chi connectivity index (χ4v) is 2.24. The highest BCUT2D eigenvalue weighted by molar-refractivity contribution is 6.04. The van der Waals surface area contributed by atoms with Gasteiger partial charge in [0.2, 0.25) is 0 Å². The molecule has 0 unspecified atom stereocenters. The third-order valence-electron chi connectivity index (χ3n) is 3.66. The minimum absolute atomic E-state index is 0.0220. The summed E-state index contributed by atoms with van der Waals surface area (Å²) in [4.78, 5) is 16.2. The average Bonchev–Trinajstić information content (AvgIpc) is 2.90. The van der Waals surface area contributed by atoms with Gasteiger partial charge in [-0.05, 0) is 30.2 Å². The van der Waals surface area contributed by atoms with Gasteiger partial charge in [-0.25, -0.2) is 4.98 Å². The normalized spacial score (nSPS) is 13.7. The fraction of sp³-hybridized carbons (Fsp3) is 0.250. The predicted molar refractivity (Wildman–Crippen MR) is 82.0 cm³/mol. The molecular formula is C16H18N4O. The third-order valence-corrected chi connectivity index (χ3v) is 3.66. The van der Waals surface area contributed by atoms with Crippen LogP contribution in [0, 0.1) is 0 Å². The molecule has 1 aliphatic rings. The number of benzene rings is 1. The van der Waals surface area contributed by atoms with Crippen LogP contribution in [0.1, 0.15) is 12.5 Å². The van der Waals surface area contributed by atoms with Crippen molar-refractivity contribution in [3.63, 3.8) is 0 Å². The van der Waals surface area contributed by atoms with Crippen LogP contribution in [0.2, 0.25) is 0 Å². The van der Waals surface area contributed by atoms with Crippen LogP contribution in [-0.4, -0.2) is 28.5 Å². The number of carbonyl (C=O) groups is 1. The SMILES string of the molecule is CC(C(=O)Nc1cccc(Cn2ccnc2)c1)=C1CNC1. The molecule has 0 bridgehead atoms. The molecule has 108 valence electrons. The molecule has 2 heterocycles. The van der Waals surface area contributed by atoms with E-state index >= 15 is 0 Å². The Kier molecular flexibility index (Phi) is 3.83. The Morgan fingerprint density at radius 2 is 2.29 bits per heavy atom. The molecule has 3 rings (SSSR count). The van der Waals surface area contributed by atoms with E-state index in [1.54, 1.807) is 12.5 Å². The van der Waals surface area contributed by atoms with E-state index in [9.17, 15) is 4.79 Å². The maximum atomic E-state index is 12.2. The average molecular weight is 282 g/mol. The van der Waals surface area contributed by atoms with Gasteiger partial charge in [-0.2, -0.15) is 0 Å². The van der Waals surface area contributed by atoms with Crippen molar-refractivity contribution in [2.24, 2.45) is 0 Å². The molecule has 1 aromatic heterocycles. The van der Waals surface area contributed by atoms with Crippen molar-refractivity contribution in [2.75, 3.05) is 18.4 Å². The lowest BCUT2D eigenvalue weighted by atomic mass is 10.0. The molecule has 0 radical (unpaired) electrons. The molecule has 0 atom stereocenters. The number of amides is 1. The van der Waals surface area contributed by atoms with Crippen LogP contribution in [0.15, 0.2) is 54.1 Å². The highest BCUT2D eigenvalue weighted by Gasteiger charge is 2.16. The first-order valence-corrected chi connectivity index (χ1v) is 6.98. The smallest absolute Gasteiger partial charge is 0.251 e. The largest absolute Gasteiger partial charge is 0.333 e. The molecule has 1 fully saturated rings. The molecule has 2 aromatic rings. The lowest BCUT2D eigenvalue weighted by Gasteiger charge is -2.21. The van der Waals surface area contributed by atoms with Crippen molar-refractivity contribution >= 4 is 11.6 Å². The molecule has 5 heteroatoms. The third kappa shape index (κ3) is 3.20. The minimum atomic E-state index is -0.0220. The molecule has 0 aliphatic carbocycles. The number of nitrogens with one attached hydrogen (secondary N) is 2. The van der Waals surface area contributed by atoms with E-state index < -0.39 is 0 Å². The summed E-state index contributed by atoms with van der Waals surface area (Å²) in [5.41, 5.74) is 3.95. The van der Waals surface area contributed by atoms with Crippen molar-refractivity contribution in [3.8, 4) is 0 Å². The standard InChI is InChI=1S/C16H18N4O/c1-12(14-8-18-9-14)16(21)19-15-4-2-3-13(7-15)10-20-6-5-17-11-20/h2-7,11,18H,8-10H2,1H3,(H,19,21). The van der Waals surface area contributed by atoms with Crippen molar-refractivity contribution in [2.45, 2.75) is 13.5 Å². The van der Waals surface area contributed by atoms with Gasteiger partial charge in [-0.3, -0.25) is 4.79 Å². The van der Waals surface area contributed by atoms with Crippen LogP contribution < -0.4 is 10.6 Å². The first-order valence-electron chi connectivity index (χ1n) is 6.98. The number of hydrogen-bond donors (Lipinski definition) is 2. The summed E-state index contributed by atoms with van der Waals surface area (Å²) >= 11 is 0. The fourth-order valence-electron chi connectivity index (χ4n) is 2.24. The Hall–Kier alpha value is -2.40. The van der Waals surface area contributed by atoms with E-state index in [4.69, 9.17) is 0 Å². The van der Waals surface area contributed by atoms with E-state index in [1.807, 2.05) is 42.0 Å². The van der Waals surface area contributed by atoms with Crippen molar-refractivity contribution in [1.82, 2.24) is 14.9 Å². The number of rotatable bonds is 4. The Morgan fingerprint density at radius 3 is 2.95 bits per heavy atom. The summed E-state index contributed by atoms with van der Waals surface area (Å²) in [6, 6.07) is 7.90. The molecule has 1 amide bonds. The summed E-state index contributed by atoms with van der Waals surface area (Å²) in [5, 5.41) is 6.11. The second-order valence-electron chi connectivity index (χ2n) is 5.22. The van der Waals surface area contributed by atoms with E-state index in [0.29, 0.717) is 0 Å². The van der Waals surface area contributed by atoms with Crippen molar-refractivity contribution in [1.29, 1.82) is 0 Å². The maximum Gasteiger partial charge on any atom is 0.251 e. The van der Waals surface area contributed by atoms with Crippen molar-refractivity contribution in [3.05, 3.63) is 59.7 Å². The second-order valence-corrected chi connectivity index (χ2v) is 5.22. The van der Waals surface area contributed by atoms with Crippen LogP contribution in [0.3, 0.4) is 0 Å². The topological polar surface area (TPSA) is 59.0 Å². The van der Waals surface area contributed by atoms with Crippen LogP contribution in [-0.2, 0) is 11.3 Å². The second kappa shape index (κ2) is 5.93. The van der Waals surface area contributed by atoms with Crippen molar-refractivity contribution < 1.29 is 4.79 Å². The molecule has 0 saturated carbocycles. The molecular weight excluding hydrogens is 264 g/mol. The highest BCUT2D eigenvalue weighted by Crippen LogP contribution is 2.15. The number of carbonyl (C=O) groups excluding carboxylic acids is 1. The first-order chi connectivity index (χ1) is 10.2. The predicted octanol–water partition coefficient (Wildman–Crippen LogP) is 1.79. The minimum Gasteiger partial charge on any atom is -0.333 e. The van der Waals surface area contributed by atoms with E-state index in [1.165, 1.54) is 5.57 Å². The number of hydrogen-bond acceptors (Lipinski definition) is 3. The molecule has 0 spiro atoms. The van der Waals surface area contributed by atoms with Crippen LogP contribution in [0.5, 0.6) is 0 Å². The van der Waals surface area contributed by atoms with Gasteiger partial charge in [-0.1, -0.05) is 12.1 Å². The lowest BCUT2D eigenvalue weighted by Crippen LogP contribution is -2.36. The zero-order chi connectivity index (χ0) is 14.7. The maximum absolute atomic E-state index is 12.2. The summed E-state index contributed by atoms with van der Waals surface area (Å²) < 4.78 is 1.99. The molecule has 1 saturated heterocycles. The van der Waals surface area contributed by atoms with Gasteiger partial charge in [-0.15, -0.1) is 0 Å². The van der Waals surface area contributed by atoms with Gasteiger partial charge >= 0.3 is 0 Å². The molecule has 1 aromatic carbocycles. The Labute approximate surface area is 123 Å². The van der Waals surface area contributed by atoms with Gasteiger partial charge in [0.05, 0.1) is 6.33 Å². The molecule has 2 N–H and O–H groups in total. The Balaban J connectivity index is 1.70. The van der Waals surface area contributed by atoms with Crippen LogP contribution >= 0.6 is 0 Å². The number of anilines is 1. The van der Waals surface area contributed by atoms with Gasteiger partial charge < -0.3 is 15.2 Å². The molecule has 21 heavy (non-hydrogen) atoms. The number of aromatic nitrogens is 2. The number of nitrogens with zero attached hydrogens (tertiary/aromatic N) is 2. The Bertz CT molecular complexity index is 667. The van der Waals surface area contributed by atoms with Crippen LogP contribution in [0.25, 0.3) is 0 Å². The van der Waals surface area contributed by atoms with Gasteiger partial charge in [0.15, 0.2) is 0 Å². The van der Waals surface area contributed by atoms with Crippen LogP contribution in [0.4, 0.5) is 5.69 Å². The Morgan fingerprint density at radius 1 is 1.43 bits per heavy atom. The first kappa shape index (κ1) is 13.6. The summed E-state index contributed by atoms with van der Waals surface area (Å²) in [6.45, 7) is 4.26. The van der Waals surface area contributed by atoms with E-state index in [-0.39, 0.29) is 5.91 Å². The van der Waals surface area contributed by atoms with Gasteiger partial charge in [0.25, 0.3) is 5.91 Å². The zero-order valence-electron chi connectivity index (χ0n) is 12.0. The highest BCUT2D eigenvalue weighted by atomic mass is 16.1. The summed E-state index contributed by atoms with van der Waals surface area (Å²) in [7, 11) is 0. The monoisotopic (exact) mass is 282 g/mol. The van der Waals surface area contributed by atoms with Gasteiger partial charge in [0, 0.05) is 43.3 Å². The number of imidazole rings is 1. The summed E-state index contributed by atoms with van der Waals surface area (Å²) in [5.74, 6) is -0.0220. The summed E-state index contributed by atoms with van der Waals surface area (Å²) in [6.07, 6.45) is 5.46. The molecule has 1 aliphatic heterocycles. The quantitative estimate of drug-likeness (QED) is 0.841. The van der Waals surface area contributed by atoms with Gasteiger partial charge in [0.1, 0.15) is 0 Å². The van der Waals surface area contributed by atoms with E-state index in [2.05, 4.69) is 15.6 Å². The van der Waals surface area contributed by atoms with E-state index in [0.717, 1.165) is 36.5 Å².